The Bertz CT molecular complexity index is 651. The quantitative estimate of drug-likeness (QED) is 0.810. The van der Waals surface area contributed by atoms with Gasteiger partial charge in [0.1, 0.15) is 6.04 Å². The average Bonchev–Trinajstić information content (AvgIpc) is 2.35. The molecule has 0 bridgehead atoms. The minimum atomic E-state index is -3.72. The zero-order chi connectivity index (χ0) is 16.2. The molecule has 1 atom stereocenters. The molecule has 0 aliphatic rings. The summed E-state index contributed by atoms with van der Waals surface area (Å²) in [7, 11) is -2.58. The molecule has 6 nitrogen and oxygen atoms in total. The summed E-state index contributed by atoms with van der Waals surface area (Å²) < 4.78 is 29.4. The highest BCUT2D eigenvalue weighted by atomic mass is 32.2. The molecule has 0 aliphatic carbocycles. The third kappa shape index (κ3) is 4.56. The molecule has 1 N–H and O–H groups in total. The number of aryl methyl sites for hydroxylation is 2. The fraction of sp³-hybridized carbons (Fsp3) is 0.429. The van der Waals surface area contributed by atoms with Gasteiger partial charge in [-0.3, -0.25) is 4.79 Å². The van der Waals surface area contributed by atoms with Gasteiger partial charge in [-0.1, -0.05) is 17.7 Å². The topological polar surface area (TPSA) is 89.5 Å². The van der Waals surface area contributed by atoms with E-state index in [2.05, 4.69) is 10.1 Å². The van der Waals surface area contributed by atoms with Gasteiger partial charge >= 0.3 is 5.97 Å². The number of hydrogen-bond acceptors (Lipinski definition) is 5. The van der Waals surface area contributed by atoms with Crippen molar-refractivity contribution in [2.45, 2.75) is 31.7 Å². The largest absolute Gasteiger partial charge is 0.467 e. The van der Waals surface area contributed by atoms with Crippen LogP contribution in [0.5, 0.6) is 0 Å². The number of amides is 1. The number of nitrogens with one attached hydrogen (secondary N) is 1. The van der Waals surface area contributed by atoms with E-state index in [0.717, 1.165) is 12.7 Å². The Labute approximate surface area is 124 Å². The van der Waals surface area contributed by atoms with Gasteiger partial charge in [0.15, 0.2) is 9.84 Å². The molecule has 0 aliphatic heterocycles. The lowest BCUT2D eigenvalue weighted by Crippen LogP contribution is -2.45. The van der Waals surface area contributed by atoms with Crippen molar-refractivity contribution >= 4 is 21.7 Å². The first-order chi connectivity index (χ1) is 9.67. The monoisotopic (exact) mass is 313 g/mol. The Morgan fingerprint density at radius 2 is 1.90 bits per heavy atom. The van der Waals surface area contributed by atoms with Crippen molar-refractivity contribution in [1.82, 2.24) is 5.32 Å². The molecule has 7 heteroatoms. The summed E-state index contributed by atoms with van der Waals surface area (Å²) in [6, 6.07) is 3.71. The normalized spacial score (nSPS) is 12.6. The summed E-state index contributed by atoms with van der Waals surface area (Å²) in [5.74, 6) is -1.83. The molecule has 21 heavy (non-hydrogen) atoms. The van der Waals surface area contributed by atoms with Crippen molar-refractivity contribution in [3.05, 3.63) is 29.3 Å². The number of ether oxygens (including phenoxy) is 1. The molecule has 0 heterocycles. The third-order valence-electron chi connectivity index (χ3n) is 2.91. The van der Waals surface area contributed by atoms with Crippen LogP contribution in [-0.2, 0) is 24.2 Å². The van der Waals surface area contributed by atoms with Gasteiger partial charge in [0.25, 0.3) is 0 Å². The lowest BCUT2D eigenvalue weighted by atomic mass is 10.2. The number of hydrogen-bond donors (Lipinski definition) is 1. The van der Waals surface area contributed by atoms with Gasteiger partial charge < -0.3 is 10.1 Å². The van der Waals surface area contributed by atoms with Crippen LogP contribution in [0, 0.1) is 13.8 Å². The third-order valence-corrected chi connectivity index (χ3v) is 4.82. The molecule has 1 aromatic carbocycles. The first-order valence-corrected chi connectivity index (χ1v) is 7.97. The second-order valence-electron chi connectivity index (χ2n) is 4.83. The lowest BCUT2D eigenvalue weighted by Gasteiger charge is -2.16. The van der Waals surface area contributed by atoms with E-state index >= 15 is 0 Å². The maximum atomic E-state index is 12.4. The number of sulfone groups is 1. The molecule has 1 amide bonds. The zero-order valence-corrected chi connectivity index (χ0v) is 13.3. The SMILES string of the molecule is COC(=O)C(CS(=O)(=O)c1ccc(C)cc1C)NC(C)=O. The highest BCUT2D eigenvalue weighted by molar-refractivity contribution is 7.91. The molecule has 0 fully saturated rings. The first kappa shape index (κ1) is 17.2. The minimum Gasteiger partial charge on any atom is -0.467 e. The van der Waals surface area contributed by atoms with Crippen LogP contribution >= 0.6 is 0 Å². The van der Waals surface area contributed by atoms with Gasteiger partial charge in [-0.2, -0.15) is 0 Å². The van der Waals surface area contributed by atoms with Gasteiger partial charge in [-0.15, -0.1) is 0 Å². The zero-order valence-electron chi connectivity index (χ0n) is 12.5. The van der Waals surface area contributed by atoms with E-state index in [1.54, 1.807) is 19.1 Å². The number of methoxy groups -OCH3 is 1. The molecule has 0 aromatic heterocycles. The average molecular weight is 313 g/mol. The molecule has 116 valence electrons. The molecular formula is C14H19NO5S. The maximum absolute atomic E-state index is 12.4. The van der Waals surface area contributed by atoms with E-state index in [-0.39, 0.29) is 4.90 Å². The van der Waals surface area contributed by atoms with Crippen molar-refractivity contribution in [2.24, 2.45) is 0 Å². The van der Waals surface area contributed by atoms with E-state index in [4.69, 9.17) is 0 Å². The number of esters is 1. The Morgan fingerprint density at radius 1 is 1.29 bits per heavy atom. The number of carbonyl (C=O) groups is 2. The van der Waals surface area contributed by atoms with Crippen molar-refractivity contribution in [2.75, 3.05) is 12.9 Å². The molecule has 0 saturated carbocycles. The van der Waals surface area contributed by atoms with Gasteiger partial charge in [0.05, 0.1) is 17.8 Å². The van der Waals surface area contributed by atoms with E-state index in [9.17, 15) is 18.0 Å². The van der Waals surface area contributed by atoms with Crippen LogP contribution in [0.25, 0.3) is 0 Å². The molecule has 1 unspecified atom stereocenters. The van der Waals surface area contributed by atoms with Gasteiger partial charge in [-0.05, 0) is 25.5 Å². The maximum Gasteiger partial charge on any atom is 0.329 e. The summed E-state index contributed by atoms with van der Waals surface area (Å²) in [6.07, 6.45) is 0. The smallest absolute Gasteiger partial charge is 0.329 e. The van der Waals surface area contributed by atoms with Crippen LogP contribution < -0.4 is 5.32 Å². The van der Waals surface area contributed by atoms with Crippen molar-refractivity contribution in [3.8, 4) is 0 Å². The summed E-state index contributed by atoms with van der Waals surface area (Å²) in [4.78, 5) is 22.8. The Balaban J connectivity index is 3.11. The Morgan fingerprint density at radius 3 is 2.38 bits per heavy atom. The van der Waals surface area contributed by atoms with Gasteiger partial charge in [-0.25, -0.2) is 13.2 Å². The van der Waals surface area contributed by atoms with E-state index in [1.165, 1.54) is 13.0 Å². The van der Waals surface area contributed by atoms with Crippen LogP contribution in [0.4, 0.5) is 0 Å². The molecule has 1 rings (SSSR count). The predicted octanol–water partition coefficient (Wildman–Crippen LogP) is 0.755. The second kappa shape index (κ2) is 6.71. The molecule has 0 spiro atoms. The Kier molecular flexibility index (Phi) is 5.48. The van der Waals surface area contributed by atoms with Crippen LogP contribution in [0.3, 0.4) is 0 Å². The molecule has 0 saturated heterocycles. The number of rotatable bonds is 5. The highest BCUT2D eigenvalue weighted by Gasteiger charge is 2.29. The predicted molar refractivity (Wildman–Crippen MR) is 77.6 cm³/mol. The van der Waals surface area contributed by atoms with Gasteiger partial charge in [0, 0.05) is 6.92 Å². The number of benzene rings is 1. The highest BCUT2D eigenvalue weighted by Crippen LogP contribution is 2.18. The van der Waals surface area contributed by atoms with Crippen LogP contribution in [0.15, 0.2) is 23.1 Å². The molecule has 0 radical (unpaired) electrons. The van der Waals surface area contributed by atoms with Crippen molar-refractivity contribution in [1.29, 1.82) is 0 Å². The van der Waals surface area contributed by atoms with Crippen molar-refractivity contribution < 1.29 is 22.7 Å². The summed E-state index contributed by atoms with van der Waals surface area (Å²) >= 11 is 0. The van der Waals surface area contributed by atoms with Crippen molar-refractivity contribution in [3.63, 3.8) is 0 Å². The van der Waals surface area contributed by atoms with E-state index < -0.39 is 33.5 Å². The van der Waals surface area contributed by atoms with E-state index in [1.807, 2.05) is 6.92 Å². The standard InChI is InChI=1S/C14H19NO5S/c1-9-5-6-13(10(2)7-9)21(18,19)8-12(14(17)20-4)15-11(3)16/h5-7,12H,8H2,1-4H3,(H,15,16). The van der Waals surface area contributed by atoms with Crippen LogP contribution in [0.2, 0.25) is 0 Å². The summed E-state index contributed by atoms with van der Waals surface area (Å²) in [6.45, 7) is 4.75. The van der Waals surface area contributed by atoms with Crippen LogP contribution in [0.1, 0.15) is 18.1 Å². The van der Waals surface area contributed by atoms with Crippen LogP contribution in [-0.4, -0.2) is 39.2 Å². The second-order valence-corrected chi connectivity index (χ2v) is 6.83. The Hall–Kier alpha value is -1.89. The molecular weight excluding hydrogens is 294 g/mol. The molecule has 1 aromatic rings. The first-order valence-electron chi connectivity index (χ1n) is 6.32. The fourth-order valence-corrected chi connectivity index (χ4v) is 3.68. The lowest BCUT2D eigenvalue weighted by molar-refractivity contribution is -0.144. The summed E-state index contributed by atoms with van der Waals surface area (Å²) in [5.41, 5.74) is 1.54. The van der Waals surface area contributed by atoms with Gasteiger partial charge in [0.2, 0.25) is 5.91 Å². The number of carbonyl (C=O) groups excluding carboxylic acids is 2. The van der Waals surface area contributed by atoms with E-state index in [0.29, 0.717) is 5.56 Å². The fourth-order valence-electron chi connectivity index (χ4n) is 2.01. The minimum absolute atomic E-state index is 0.146. The summed E-state index contributed by atoms with van der Waals surface area (Å²) in [5, 5.41) is 2.29.